The maximum atomic E-state index is 13.2. The van der Waals surface area contributed by atoms with Gasteiger partial charge in [-0.05, 0) is 56.2 Å². The second-order valence-electron chi connectivity index (χ2n) is 8.07. The van der Waals surface area contributed by atoms with E-state index in [4.69, 9.17) is 0 Å². The van der Waals surface area contributed by atoms with Crippen molar-refractivity contribution in [3.05, 3.63) is 29.8 Å². The monoisotopic (exact) mass is 399 g/mol. The third-order valence-electron chi connectivity index (χ3n) is 5.79. The molecule has 2 aliphatic rings. The van der Waals surface area contributed by atoms with Gasteiger partial charge in [-0.1, -0.05) is 12.1 Å². The quantitative estimate of drug-likeness (QED) is 0.760. The van der Waals surface area contributed by atoms with E-state index < -0.39 is 21.0 Å². The molecule has 27 heavy (non-hydrogen) atoms. The number of hydrogen-bond acceptors (Lipinski definition) is 4. The lowest BCUT2D eigenvalue weighted by atomic mass is 9.83. The second kappa shape index (κ2) is 7.95. The van der Waals surface area contributed by atoms with Gasteiger partial charge in [-0.15, -0.1) is 0 Å². The smallest absolute Gasteiger partial charge is 0.248 e. The third-order valence-corrected chi connectivity index (χ3v) is 7.97. The molecule has 2 aliphatic carbocycles. The summed E-state index contributed by atoms with van der Waals surface area (Å²) in [6.07, 6.45) is 1.89. The first-order valence-electron chi connectivity index (χ1n) is 9.59. The number of carbonyl (C=O) groups excluding carboxylic acids is 1. The number of sulfone groups is 1. The minimum atomic E-state index is -3.33. The molecule has 0 atom stereocenters. The fourth-order valence-corrected chi connectivity index (χ4v) is 5.90. The molecule has 0 unspecified atom stereocenters. The summed E-state index contributed by atoms with van der Waals surface area (Å²) in [6, 6.07) is 6.95. The Kier molecular flexibility index (Phi) is 6.01. The summed E-state index contributed by atoms with van der Waals surface area (Å²) in [7, 11) is -3.33. The minimum Gasteiger partial charge on any atom is -0.307 e. The molecule has 4 nitrogen and oxygen atoms in total. The summed E-state index contributed by atoms with van der Waals surface area (Å²) in [5, 5.41) is 2.72. The topological polar surface area (TPSA) is 63.2 Å². The van der Waals surface area contributed by atoms with Crippen LogP contribution in [0.4, 0.5) is 8.78 Å². The number of benzene rings is 1. The highest BCUT2D eigenvalue weighted by atomic mass is 32.2. The summed E-state index contributed by atoms with van der Waals surface area (Å²) < 4.78 is 51.5. The Hall–Kier alpha value is -1.34. The molecule has 7 heteroatoms. The normalized spacial score (nSPS) is 25.7. The number of ketones is 1. The Morgan fingerprint density at radius 1 is 1.22 bits per heavy atom. The van der Waals surface area contributed by atoms with E-state index in [9.17, 15) is 22.0 Å². The average molecular weight is 400 g/mol. The van der Waals surface area contributed by atoms with Gasteiger partial charge in [0.2, 0.25) is 5.92 Å². The maximum Gasteiger partial charge on any atom is 0.248 e. The Labute approximate surface area is 159 Å². The SMILES string of the molecule is Cc1cccc(S(=O)(=O)C2CC(NCC(=O)CC3CCC(F)(F)CC3)C2)c1. The van der Waals surface area contributed by atoms with Gasteiger partial charge in [0.05, 0.1) is 16.7 Å². The van der Waals surface area contributed by atoms with Crippen molar-refractivity contribution in [3.63, 3.8) is 0 Å². The zero-order valence-corrected chi connectivity index (χ0v) is 16.4. The summed E-state index contributed by atoms with van der Waals surface area (Å²) >= 11 is 0. The molecule has 1 N–H and O–H groups in total. The average Bonchev–Trinajstić information content (AvgIpc) is 2.55. The lowest BCUT2D eigenvalue weighted by Crippen LogP contribution is -2.49. The van der Waals surface area contributed by atoms with Gasteiger partial charge in [-0.2, -0.15) is 0 Å². The number of rotatable bonds is 7. The molecule has 2 saturated carbocycles. The van der Waals surface area contributed by atoms with Gasteiger partial charge in [-0.3, -0.25) is 4.79 Å². The molecular formula is C20H27F2NO3S. The van der Waals surface area contributed by atoms with E-state index in [1.165, 1.54) is 0 Å². The maximum absolute atomic E-state index is 13.2. The van der Waals surface area contributed by atoms with Gasteiger partial charge >= 0.3 is 0 Å². The lowest BCUT2D eigenvalue weighted by molar-refractivity contribution is -0.120. The molecule has 150 valence electrons. The fourth-order valence-electron chi connectivity index (χ4n) is 3.93. The zero-order valence-electron chi connectivity index (χ0n) is 15.6. The molecule has 0 bridgehead atoms. The molecule has 2 fully saturated rings. The molecule has 1 aromatic carbocycles. The van der Waals surface area contributed by atoms with Crippen molar-refractivity contribution < 1.29 is 22.0 Å². The first-order valence-corrected chi connectivity index (χ1v) is 11.1. The number of nitrogens with one attached hydrogen (secondary N) is 1. The second-order valence-corrected chi connectivity index (χ2v) is 10.3. The van der Waals surface area contributed by atoms with Crippen molar-refractivity contribution in [3.8, 4) is 0 Å². The van der Waals surface area contributed by atoms with Crippen LogP contribution in [0.15, 0.2) is 29.2 Å². The van der Waals surface area contributed by atoms with Crippen molar-refractivity contribution in [1.82, 2.24) is 5.32 Å². The minimum absolute atomic E-state index is 0.0224. The molecule has 0 heterocycles. The van der Waals surface area contributed by atoms with Crippen LogP contribution in [0.25, 0.3) is 0 Å². The Morgan fingerprint density at radius 2 is 1.89 bits per heavy atom. The highest BCUT2D eigenvalue weighted by Gasteiger charge is 2.40. The third kappa shape index (κ3) is 5.13. The van der Waals surface area contributed by atoms with Crippen LogP contribution in [0.1, 0.15) is 50.5 Å². The molecule has 0 saturated heterocycles. The van der Waals surface area contributed by atoms with Gasteiger partial charge in [0, 0.05) is 25.3 Å². The number of alkyl halides is 2. The Balaban J connectivity index is 1.40. The van der Waals surface area contributed by atoms with E-state index in [1.807, 2.05) is 13.0 Å². The Bertz CT molecular complexity index is 778. The molecule has 0 spiro atoms. The summed E-state index contributed by atoms with van der Waals surface area (Å²) in [4.78, 5) is 12.4. The van der Waals surface area contributed by atoms with E-state index in [2.05, 4.69) is 5.32 Å². The van der Waals surface area contributed by atoms with Crippen LogP contribution in [-0.2, 0) is 14.6 Å². The summed E-state index contributed by atoms with van der Waals surface area (Å²) in [5.74, 6) is -2.49. The first-order chi connectivity index (χ1) is 12.7. The van der Waals surface area contributed by atoms with E-state index in [0.717, 1.165) is 5.56 Å². The zero-order chi connectivity index (χ0) is 19.7. The number of Topliss-reactive ketones (excluding diaryl/α,β-unsaturated/α-hetero) is 1. The van der Waals surface area contributed by atoms with Crippen molar-refractivity contribution in [2.45, 2.75) is 74.0 Å². The number of aryl methyl sites for hydroxylation is 1. The number of hydrogen-bond donors (Lipinski definition) is 1. The lowest BCUT2D eigenvalue weighted by Gasteiger charge is -2.35. The van der Waals surface area contributed by atoms with E-state index in [0.29, 0.717) is 37.0 Å². The van der Waals surface area contributed by atoms with Crippen molar-refractivity contribution in [2.24, 2.45) is 5.92 Å². The molecule has 0 aliphatic heterocycles. The van der Waals surface area contributed by atoms with Crippen molar-refractivity contribution >= 4 is 15.6 Å². The summed E-state index contributed by atoms with van der Waals surface area (Å²) in [5.41, 5.74) is 0.913. The molecular weight excluding hydrogens is 372 g/mol. The number of carbonyl (C=O) groups is 1. The highest BCUT2D eigenvalue weighted by Crippen LogP contribution is 2.37. The van der Waals surface area contributed by atoms with Crippen LogP contribution in [0, 0.1) is 12.8 Å². The van der Waals surface area contributed by atoms with Crippen LogP contribution in [0.3, 0.4) is 0 Å². The van der Waals surface area contributed by atoms with Crippen molar-refractivity contribution in [2.75, 3.05) is 6.54 Å². The molecule has 3 rings (SSSR count). The van der Waals surface area contributed by atoms with Gasteiger partial charge in [0.15, 0.2) is 9.84 Å². The molecule has 0 amide bonds. The standard InChI is InChI=1S/C20H27F2NO3S/c1-14-3-2-4-18(9-14)27(25,26)19-11-16(12-19)23-13-17(24)10-15-5-7-20(21,22)8-6-15/h2-4,9,15-16,19,23H,5-8,10-13H2,1H3. The van der Waals surface area contributed by atoms with Crippen molar-refractivity contribution in [1.29, 1.82) is 0 Å². The predicted octanol–water partition coefficient (Wildman–Crippen LogP) is 3.67. The Morgan fingerprint density at radius 3 is 2.52 bits per heavy atom. The largest absolute Gasteiger partial charge is 0.307 e. The summed E-state index contributed by atoms with van der Waals surface area (Å²) in [6.45, 7) is 2.05. The molecule has 0 radical (unpaired) electrons. The van der Waals surface area contributed by atoms with Gasteiger partial charge in [0.25, 0.3) is 0 Å². The van der Waals surface area contributed by atoms with Gasteiger partial charge in [0.1, 0.15) is 5.78 Å². The van der Waals surface area contributed by atoms with Crippen LogP contribution in [0.2, 0.25) is 0 Å². The van der Waals surface area contributed by atoms with Gasteiger partial charge in [-0.25, -0.2) is 17.2 Å². The fraction of sp³-hybridized carbons (Fsp3) is 0.650. The number of halogens is 2. The van der Waals surface area contributed by atoms with E-state index in [-0.39, 0.29) is 37.1 Å². The molecule has 1 aromatic rings. The van der Waals surface area contributed by atoms with Crippen LogP contribution in [-0.4, -0.2) is 38.0 Å². The highest BCUT2D eigenvalue weighted by molar-refractivity contribution is 7.92. The van der Waals surface area contributed by atoms with E-state index >= 15 is 0 Å². The van der Waals surface area contributed by atoms with Crippen LogP contribution >= 0.6 is 0 Å². The van der Waals surface area contributed by atoms with Crippen LogP contribution in [0.5, 0.6) is 0 Å². The first kappa shape index (κ1) is 20.4. The van der Waals surface area contributed by atoms with Crippen LogP contribution < -0.4 is 5.32 Å². The predicted molar refractivity (Wildman–Crippen MR) is 99.7 cm³/mol. The van der Waals surface area contributed by atoms with Gasteiger partial charge < -0.3 is 5.32 Å². The van der Waals surface area contributed by atoms with E-state index in [1.54, 1.807) is 18.2 Å². The molecule has 0 aromatic heterocycles.